The summed E-state index contributed by atoms with van der Waals surface area (Å²) in [5.74, 6) is 0.554. The monoisotopic (exact) mass is 232 g/mol. The lowest BCUT2D eigenvalue weighted by molar-refractivity contribution is -0.107. The van der Waals surface area contributed by atoms with Crippen LogP contribution in [0.4, 0.5) is 0 Å². The zero-order valence-corrected chi connectivity index (χ0v) is 9.65. The van der Waals surface area contributed by atoms with Crippen LogP contribution in [-0.4, -0.2) is 13.4 Å². The van der Waals surface area contributed by atoms with E-state index < -0.39 is 5.63 Å². The minimum absolute atomic E-state index is 0.160. The molecular formula is C13H12O4. The van der Waals surface area contributed by atoms with Crippen molar-refractivity contribution in [1.82, 2.24) is 0 Å². The maximum absolute atomic E-state index is 11.4. The summed E-state index contributed by atoms with van der Waals surface area (Å²) in [6.45, 7) is 1.83. The number of ether oxygens (including phenoxy) is 1. The topological polar surface area (TPSA) is 56.5 Å². The summed E-state index contributed by atoms with van der Waals surface area (Å²) in [4.78, 5) is 22.0. The molecule has 2 aromatic rings. The van der Waals surface area contributed by atoms with Crippen molar-refractivity contribution in [2.45, 2.75) is 13.3 Å². The molecule has 0 saturated heterocycles. The first-order valence-electron chi connectivity index (χ1n) is 5.21. The second kappa shape index (κ2) is 4.41. The van der Waals surface area contributed by atoms with Crippen LogP contribution in [0.2, 0.25) is 0 Å². The normalized spacial score (nSPS) is 10.5. The summed E-state index contributed by atoms with van der Waals surface area (Å²) in [5.41, 5.74) is 1.45. The molecule has 0 aliphatic heterocycles. The van der Waals surface area contributed by atoms with E-state index in [0.29, 0.717) is 16.9 Å². The molecule has 1 heterocycles. The molecule has 17 heavy (non-hydrogen) atoms. The summed E-state index contributed by atoms with van der Waals surface area (Å²) in [5, 5.41) is 0.822. The average molecular weight is 232 g/mol. The van der Waals surface area contributed by atoms with E-state index >= 15 is 0 Å². The van der Waals surface area contributed by atoms with Gasteiger partial charge < -0.3 is 13.9 Å². The van der Waals surface area contributed by atoms with Gasteiger partial charge in [0.1, 0.15) is 17.6 Å². The predicted molar refractivity (Wildman–Crippen MR) is 63.5 cm³/mol. The quantitative estimate of drug-likeness (QED) is 0.598. The lowest BCUT2D eigenvalue weighted by Gasteiger charge is -2.09. The van der Waals surface area contributed by atoms with Gasteiger partial charge >= 0.3 is 5.63 Å². The number of benzene rings is 1. The molecule has 0 saturated carbocycles. The van der Waals surface area contributed by atoms with E-state index in [9.17, 15) is 9.59 Å². The van der Waals surface area contributed by atoms with Gasteiger partial charge in [0.2, 0.25) is 0 Å². The summed E-state index contributed by atoms with van der Waals surface area (Å²) in [7, 11) is 1.52. The molecule has 4 nitrogen and oxygen atoms in total. The Morgan fingerprint density at radius 2 is 2.18 bits per heavy atom. The molecule has 0 atom stereocenters. The van der Waals surface area contributed by atoms with Crippen LogP contribution >= 0.6 is 0 Å². The Kier molecular flexibility index (Phi) is 2.95. The van der Waals surface area contributed by atoms with E-state index in [4.69, 9.17) is 9.15 Å². The molecule has 0 N–H and O–H groups in total. The molecular weight excluding hydrogens is 220 g/mol. The van der Waals surface area contributed by atoms with Crippen molar-refractivity contribution in [2.24, 2.45) is 0 Å². The van der Waals surface area contributed by atoms with E-state index in [1.807, 2.05) is 13.0 Å². The van der Waals surface area contributed by atoms with Crippen molar-refractivity contribution in [1.29, 1.82) is 0 Å². The van der Waals surface area contributed by atoms with Gasteiger partial charge in [-0.25, -0.2) is 4.79 Å². The largest absolute Gasteiger partial charge is 0.496 e. The molecule has 2 rings (SSSR count). The molecule has 0 bridgehead atoms. The van der Waals surface area contributed by atoms with Crippen LogP contribution in [0.5, 0.6) is 5.75 Å². The fourth-order valence-corrected chi connectivity index (χ4v) is 1.89. The van der Waals surface area contributed by atoms with Gasteiger partial charge in [-0.1, -0.05) is 0 Å². The van der Waals surface area contributed by atoms with E-state index in [-0.39, 0.29) is 6.42 Å². The van der Waals surface area contributed by atoms with Crippen LogP contribution < -0.4 is 10.4 Å². The molecule has 1 aromatic carbocycles. The van der Waals surface area contributed by atoms with Crippen molar-refractivity contribution >= 4 is 17.3 Å². The van der Waals surface area contributed by atoms with Crippen LogP contribution in [0.3, 0.4) is 0 Å². The average Bonchev–Trinajstić information content (AvgIpc) is 2.30. The highest BCUT2D eigenvalue weighted by Gasteiger charge is 2.12. The molecule has 0 amide bonds. The number of hydrogen-bond donors (Lipinski definition) is 0. The zero-order valence-electron chi connectivity index (χ0n) is 9.65. The van der Waals surface area contributed by atoms with Gasteiger partial charge in [-0.05, 0) is 24.6 Å². The second-order valence-electron chi connectivity index (χ2n) is 3.74. The number of aldehydes is 1. The molecule has 4 heteroatoms. The first-order chi connectivity index (χ1) is 8.17. The minimum Gasteiger partial charge on any atom is -0.496 e. The highest BCUT2D eigenvalue weighted by molar-refractivity contribution is 5.86. The molecule has 0 fully saturated rings. The first kappa shape index (κ1) is 11.4. The maximum Gasteiger partial charge on any atom is 0.336 e. The number of fused-ring (bicyclic) bond motifs is 1. The van der Waals surface area contributed by atoms with Gasteiger partial charge in [-0.15, -0.1) is 0 Å². The fourth-order valence-electron chi connectivity index (χ4n) is 1.89. The minimum atomic E-state index is -0.421. The van der Waals surface area contributed by atoms with Crippen molar-refractivity contribution in [3.8, 4) is 5.75 Å². The Morgan fingerprint density at radius 3 is 2.82 bits per heavy atom. The number of aryl methyl sites for hydroxylation is 1. The van der Waals surface area contributed by atoms with Gasteiger partial charge in [0, 0.05) is 23.4 Å². The Hall–Kier alpha value is -2.10. The van der Waals surface area contributed by atoms with Gasteiger partial charge in [-0.3, -0.25) is 0 Å². The number of carbonyl (C=O) groups is 1. The molecule has 0 spiro atoms. The Morgan fingerprint density at radius 1 is 1.41 bits per heavy atom. The van der Waals surface area contributed by atoms with Crippen LogP contribution in [0.15, 0.2) is 27.4 Å². The third-order valence-electron chi connectivity index (χ3n) is 2.69. The number of methoxy groups -OCH3 is 1. The van der Waals surface area contributed by atoms with E-state index in [0.717, 1.165) is 17.2 Å². The van der Waals surface area contributed by atoms with Crippen molar-refractivity contribution in [2.75, 3.05) is 7.11 Å². The Balaban J connectivity index is 2.87. The smallest absolute Gasteiger partial charge is 0.336 e. The highest BCUT2D eigenvalue weighted by Crippen LogP contribution is 2.28. The van der Waals surface area contributed by atoms with Crippen LogP contribution in [0.1, 0.15) is 11.1 Å². The van der Waals surface area contributed by atoms with Crippen LogP contribution in [0.25, 0.3) is 11.0 Å². The van der Waals surface area contributed by atoms with E-state index in [1.165, 1.54) is 13.2 Å². The maximum atomic E-state index is 11.4. The van der Waals surface area contributed by atoms with Crippen molar-refractivity contribution in [3.63, 3.8) is 0 Å². The lowest BCUT2D eigenvalue weighted by Crippen LogP contribution is -2.02. The lowest BCUT2D eigenvalue weighted by atomic mass is 10.0. The first-order valence-corrected chi connectivity index (χ1v) is 5.21. The summed E-state index contributed by atoms with van der Waals surface area (Å²) in [6.07, 6.45) is 0.923. The number of carbonyl (C=O) groups excluding carboxylic acids is 1. The summed E-state index contributed by atoms with van der Waals surface area (Å²) >= 11 is 0. The Labute approximate surface area is 97.8 Å². The third kappa shape index (κ3) is 1.93. The molecule has 0 unspecified atom stereocenters. The summed E-state index contributed by atoms with van der Waals surface area (Å²) < 4.78 is 10.3. The summed E-state index contributed by atoms with van der Waals surface area (Å²) in [6, 6.07) is 5.02. The Bertz CT molecular complexity index is 625. The number of rotatable bonds is 3. The van der Waals surface area contributed by atoms with E-state index in [1.54, 1.807) is 6.07 Å². The second-order valence-corrected chi connectivity index (χ2v) is 3.74. The van der Waals surface area contributed by atoms with Crippen molar-refractivity contribution < 1.29 is 13.9 Å². The molecule has 0 radical (unpaired) electrons. The van der Waals surface area contributed by atoms with Gasteiger partial charge in [0.05, 0.1) is 7.11 Å². The van der Waals surface area contributed by atoms with Crippen molar-refractivity contribution in [3.05, 3.63) is 39.7 Å². The molecule has 0 aliphatic carbocycles. The van der Waals surface area contributed by atoms with Crippen LogP contribution in [-0.2, 0) is 11.2 Å². The molecule has 1 aromatic heterocycles. The SMILES string of the molecule is COc1ccc2c(C)cc(=O)oc2c1CC=O. The number of hydrogen-bond acceptors (Lipinski definition) is 4. The molecule has 88 valence electrons. The van der Waals surface area contributed by atoms with Crippen LogP contribution in [0, 0.1) is 6.92 Å². The van der Waals surface area contributed by atoms with Gasteiger partial charge in [-0.2, -0.15) is 0 Å². The molecule has 0 aliphatic rings. The highest BCUT2D eigenvalue weighted by atomic mass is 16.5. The predicted octanol–water partition coefficient (Wildman–Crippen LogP) is 1.85. The zero-order chi connectivity index (χ0) is 12.4. The van der Waals surface area contributed by atoms with Gasteiger partial charge in [0.25, 0.3) is 0 Å². The van der Waals surface area contributed by atoms with E-state index in [2.05, 4.69) is 0 Å². The third-order valence-corrected chi connectivity index (χ3v) is 2.69. The van der Waals surface area contributed by atoms with Gasteiger partial charge in [0.15, 0.2) is 0 Å². The standard InChI is InChI=1S/C13H12O4/c1-8-7-12(15)17-13-9(8)3-4-11(16-2)10(13)5-6-14/h3-4,6-7H,5H2,1-2H3. The fraction of sp³-hybridized carbons (Fsp3) is 0.231.